The van der Waals surface area contributed by atoms with E-state index in [-0.39, 0.29) is 12.1 Å². The molecular formula is C20H25N3O3. The van der Waals surface area contributed by atoms with Crippen LogP contribution in [0.1, 0.15) is 11.6 Å². The molecule has 2 N–H and O–H groups in total. The van der Waals surface area contributed by atoms with Gasteiger partial charge in [0.25, 0.3) is 0 Å². The molecule has 1 aliphatic rings. The van der Waals surface area contributed by atoms with Gasteiger partial charge in [0.05, 0.1) is 26.4 Å². The molecule has 1 heterocycles. The number of carbonyl (C=O) groups is 1. The average Bonchev–Trinajstić information content (AvgIpc) is 2.70. The topological polar surface area (TPSA) is 62.8 Å². The monoisotopic (exact) mass is 355 g/mol. The van der Waals surface area contributed by atoms with E-state index in [9.17, 15) is 4.79 Å². The maximum absolute atomic E-state index is 12.3. The van der Waals surface area contributed by atoms with Crippen molar-refractivity contribution in [3.8, 4) is 5.75 Å². The van der Waals surface area contributed by atoms with Crippen molar-refractivity contribution in [2.75, 3.05) is 45.3 Å². The molecule has 0 spiro atoms. The standard InChI is InChI=1S/C20H25N3O3/c1-25-19-10-6-5-9-17(19)18(23-11-13-26-14-12-23)15-21-20(24)22-16-7-3-2-4-8-16/h2-10,18H,11-15H2,1H3,(H2,21,22,24). The number of methoxy groups -OCH3 is 1. The van der Waals surface area contributed by atoms with E-state index < -0.39 is 0 Å². The number of ether oxygens (including phenoxy) is 2. The molecule has 0 aliphatic carbocycles. The van der Waals surface area contributed by atoms with Gasteiger partial charge >= 0.3 is 6.03 Å². The van der Waals surface area contributed by atoms with Gasteiger partial charge in [-0.15, -0.1) is 0 Å². The zero-order valence-corrected chi connectivity index (χ0v) is 15.0. The number of amides is 2. The third-order valence-corrected chi connectivity index (χ3v) is 4.47. The number of hydrogen-bond acceptors (Lipinski definition) is 4. The Morgan fingerprint density at radius 1 is 1.12 bits per heavy atom. The van der Waals surface area contributed by atoms with E-state index in [2.05, 4.69) is 21.6 Å². The van der Waals surface area contributed by atoms with E-state index in [0.717, 1.165) is 30.1 Å². The highest BCUT2D eigenvalue weighted by atomic mass is 16.5. The first-order valence-electron chi connectivity index (χ1n) is 8.82. The summed E-state index contributed by atoms with van der Waals surface area (Å²) < 4.78 is 11.0. The minimum atomic E-state index is -0.218. The second-order valence-corrected chi connectivity index (χ2v) is 6.11. The summed E-state index contributed by atoms with van der Waals surface area (Å²) in [6.07, 6.45) is 0. The Kier molecular flexibility index (Phi) is 6.46. The summed E-state index contributed by atoms with van der Waals surface area (Å²) in [4.78, 5) is 14.6. The number of anilines is 1. The lowest BCUT2D eigenvalue weighted by Gasteiger charge is -2.35. The van der Waals surface area contributed by atoms with Crippen LogP contribution in [0.25, 0.3) is 0 Å². The van der Waals surface area contributed by atoms with Crippen molar-refractivity contribution in [2.24, 2.45) is 0 Å². The molecule has 1 fully saturated rings. The highest BCUT2D eigenvalue weighted by Crippen LogP contribution is 2.29. The van der Waals surface area contributed by atoms with Crippen molar-refractivity contribution in [3.05, 3.63) is 60.2 Å². The molecule has 0 aromatic heterocycles. The highest BCUT2D eigenvalue weighted by Gasteiger charge is 2.25. The molecule has 138 valence electrons. The van der Waals surface area contributed by atoms with Crippen LogP contribution in [0.4, 0.5) is 10.5 Å². The molecule has 6 heteroatoms. The summed E-state index contributed by atoms with van der Waals surface area (Å²) in [6, 6.07) is 17.2. The van der Waals surface area contributed by atoms with Crippen LogP contribution in [0.15, 0.2) is 54.6 Å². The Morgan fingerprint density at radius 3 is 2.54 bits per heavy atom. The molecule has 1 atom stereocenters. The van der Waals surface area contributed by atoms with Gasteiger partial charge in [0, 0.05) is 30.9 Å². The number of para-hydroxylation sites is 2. The fourth-order valence-corrected chi connectivity index (χ4v) is 3.15. The van der Waals surface area contributed by atoms with Gasteiger partial charge in [0.2, 0.25) is 0 Å². The summed E-state index contributed by atoms with van der Waals surface area (Å²) in [5.74, 6) is 0.828. The first-order chi connectivity index (χ1) is 12.8. The Bertz CT molecular complexity index is 702. The zero-order chi connectivity index (χ0) is 18.2. The normalized spacial score (nSPS) is 15.9. The fourth-order valence-electron chi connectivity index (χ4n) is 3.15. The molecular weight excluding hydrogens is 330 g/mol. The number of nitrogens with zero attached hydrogens (tertiary/aromatic N) is 1. The Labute approximate surface area is 154 Å². The second kappa shape index (κ2) is 9.22. The average molecular weight is 355 g/mol. The molecule has 1 saturated heterocycles. The molecule has 0 radical (unpaired) electrons. The summed E-state index contributed by atoms with van der Waals surface area (Å²) in [5, 5.41) is 5.85. The van der Waals surface area contributed by atoms with Crippen LogP contribution in [0.3, 0.4) is 0 Å². The lowest BCUT2D eigenvalue weighted by Crippen LogP contribution is -2.44. The first kappa shape index (κ1) is 18.2. The van der Waals surface area contributed by atoms with Gasteiger partial charge in [-0.3, -0.25) is 4.90 Å². The van der Waals surface area contributed by atoms with E-state index in [1.807, 2.05) is 48.5 Å². The molecule has 2 aromatic rings. The van der Waals surface area contributed by atoms with Gasteiger partial charge < -0.3 is 20.1 Å². The lowest BCUT2D eigenvalue weighted by molar-refractivity contribution is 0.0163. The molecule has 2 amide bonds. The maximum atomic E-state index is 12.3. The molecule has 0 bridgehead atoms. The minimum absolute atomic E-state index is 0.0246. The van der Waals surface area contributed by atoms with E-state index in [0.29, 0.717) is 19.8 Å². The van der Waals surface area contributed by atoms with Gasteiger partial charge in [0.1, 0.15) is 5.75 Å². The Balaban J connectivity index is 1.70. The maximum Gasteiger partial charge on any atom is 0.319 e. The van der Waals surface area contributed by atoms with Crippen LogP contribution in [0.2, 0.25) is 0 Å². The van der Waals surface area contributed by atoms with Crippen molar-refractivity contribution in [2.45, 2.75) is 6.04 Å². The molecule has 0 saturated carbocycles. The molecule has 6 nitrogen and oxygen atoms in total. The van der Waals surface area contributed by atoms with Crippen molar-refractivity contribution < 1.29 is 14.3 Å². The first-order valence-corrected chi connectivity index (χ1v) is 8.82. The number of rotatable bonds is 6. The number of hydrogen-bond donors (Lipinski definition) is 2. The third-order valence-electron chi connectivity index (χ3n) is 4.47. The van der Waals surface area contributed by atoms with Crippen LogP contribution >= 0.6 is 0 Å². The summed E-state index contributed by atoms with van der Waals surface area (Å²) in [6.45, 7) is 3.53. The number of carbonyl (C=O) groups excluding carboxylic acids is 1. The number of urea groups is 1. The van der Waals surface area contributed by atoms with Crippen LogP contribution in [0.5, 0.6) is 5.75 Å². The van der Waals surface area contributed by atoms with Crippen molar-refractivity contribution in [1.29, 1.82) is 0 Å². The van der Waals surface area contributed by atoms with Gasteiger partial charge in [-0.25, -0.2) is 4.79 Å². The van der Waals surface area contributed by atoms with Gasteiger partial charge in [-0.1, -0.05) is 36.4 Å². The van der Waals surface area contributed by atoms with Crippen LogP contribution < -0.4 is 15.4 Å². The van der Waals surface area contributed by atoms with Crippen molar-refractivity contribution >= 4 is 11.7 Å². The van der Waals surface area contributed by atoms with Gasteiger partial charge in [-0.05, 0) is 18.2 Å². The van der Waals surface area contributed by atoms with E-state index in [1.165, 1.54) is 0 Å². The molecule has 1 unspecified atom stereocenters. The number of benzene rings is 2. The molecule has 3 rings (SSSR count). The minimum Gasteiger partial charge on any atom is -0.496 e. The van der Waals surface area contributed by atoms with Gasteiger partial charge in [-0.2, -0.15) is 0 Å². The van der Waals surface area contributed by atoms with Crippen LogP contribution in [-0.2, 0) is 4.74 Å². The quantitative estimate of drug-likeness (QED) is 0.836. The lowest BCUT2D eigenvalue weighted by atomic mass is 10.0. The zero-order valence-electron chi connectivity index (χ0n) is 15.0. The Morgan fingerprint density at radius 2 is 1.81 bits per heavy atom. The molecule has 26 heavy (non-hydrogen) atoms. The number of nitrogens with one attached hydrogen (secondary N) is 2. The SMILES string of the molecule is COc1ccccc1C(CNC(=O)Nc1ccccc1)N1CCOCC1. The van der Waals surface area contributed by atoms with Crippen molar-refractivity contribution in [1.82, 2.24) is 10.2 Å². The predicted molar refractivity (Wildman–Crippen MR) is 102 cm³/mol. The summed E-state index contributed by atoms with van der Waals surface area (Å²) in [7, 11) is 1.67. The largest absolute Gasteiger partial charge is 0.496 e. The van der Waals surface area contributed by atoms with Gasteiger partial charge in [0.15, 0.2) is 0 Å². The van der Waals surface area contributed by atoms with Crippen molar-refractivity contribution in [3.63, 3.8) is 0 Å². The predicted octanol–water partition coefficient (Wildman–Crippen LogP) is 2.89. The summed E-state index contributed by atoms with van der Waals surface area (Å²) in [5.41, 5.74) is 1.84. The summed E-state index contributed by atoms with van der Waals surface area (Å²) >= 11 is 0. The molecule has 2 aromatic carbocycles. The van der Waals surface area contributed by atoms with Crippen LogP contribution in [-0.4, -0.2) is 50.9 Å². The fraction of sp³-hybridized carbons (Fsp3) is 0.350. The molecule has 1 aliphatic heterocycles. The van der Waals surface area contributed by atoms with E-state index >= 15 is 0 Å². The van der Waals surface area contributed by atoms with E-state index in [1.54, 1.807) is 7.11 Å². The van der Waals surface area contributed by atoms with E-state index in [4.69, 9.17) is 9.47 Å². The third kappa shape index (κ3) is 4.74. The van der Waals surface area contributed by atoms with Crippen LogP contribution in [0, 0.1) is 0 Å². The highest BCUT2D eigenvalue weighted by molar-refractivity contribution is 5.89. The Hall–Kier alpha value is -2.57. The second-order valence-electron chi connectivity index (χ2n) is 6.11. The smallest absolute Gasteiger partial charge is 0.319 e. The number of morpholine rings is 1.